The molecule has 0 aliphatic heterocycles. The second-order valence-corrected chi connectivity index (χ2v) is 8.52. The molecule has 2 aliphatic carbocycles. The molecule has 2 aliphatic rings. The van der Waals surface area contributed by atoms with Crippen LogP contribution in [-0.2, 0) is 0 Å². The summed E-state index contributed by atoms with van der Waals surface area (Å²) in [5.74, 6) is 4.24. The minimum atomic E-state index is -0.512. The lowest BCUT2D eigenvalue weighted by Crippen LogP contribution is -2.36. The molecule has 2 unspecified atom stereocenters. The van der Waals surface area contributed by atoms with Crippen LogP contribution in [0.3, 0.4) is 0 Å². The molecule has 2 saturated carbocycles. The van der Waals surface area contributed by atoms with Gasteiger partial charge in [-0.05, 0) is 75.5 Å². The van der Waals surface area contributed by atoms with Crippen molar-refractivity contribution >= 4 is 7.85 Å². The molecule has 0 bridgehead atoms. The summed E-state index contributed by atoms with van der Waals surface area (Å²) in [5, 5.41) is 9.88. The number of hydrogen-bond donors (Lipinski definition) is 1. The number of hydrogen-bond acceptors (Lipinski definition) is 1. The third kappa shape index (κ3) is 3.75. The molecule has 2 fully saturated rings. The van der Waals surface area contributed by atoms with Crippen molar-refractivity contribution in [1.29, 1.82) is 0 Å². The predicted octanol–water partition coefficient (Wildman–Crippen LogP) is 4.83. The molecule has 0 saturated heterocycles. The van der Waals surface area contributed by atoms with Crippen molar-refractivity contribution in [3.8, 4) is 0 Å². The molecule has 0 aromatic rings. The van der Waals surface area contributed by atoms with Crippen LogP contribution in [0, 0.1) is 23.2 Å². The zero-order valence-electron chi connectivity index (χ0n) is 14.5. The van der Waals surface area contributed by atoms with Crippen molar-refractivity contribution in [1.82, 2.24) is 0 Å². The first-order valence-electron chi connectivity index (χ1n) is 8.91. The summed E-state index contributed by atoms with van der Waals surface area (Å²) in [5.41, 5.74) is 1.48. The van der Waals surface area contributed by atoms with Gasteiger partial charge in [-0.25, -0.2) is 0 Å². The minimum absolute atomic E-state index is 0.470. The van der Waals surface area contributed by atoms with Gasteiger partial charge in [-0.2, -0.15) is 0 Å². The zero-order chi connectivity index (χ0) is 15.7. The predicted molar refractivity (Wildman–Crippen MR) is 91.3 cm³/mol. The molecule has 0 aromatic carbocycles. The molecule has 0 amide bonds. The third-order valence-corrected chi connectivity index (χ3v) is 6.39. The van der Waals surface area contributed by atoms with Gasteiger partial charge >= 0.3 is 0 Å². The van der Waals surface area contributed by atoms with Gasteiger partial charge in [0.1, 0.15) is 7.85 Å². The summed E-state index contributed by atoms with van der Waals surface area (Å²) >= 11 is 0. The van der Waals surface area contributed by atoms with Gasteiger partial charge in [0.05, 0.1) is 5.60 Å². The van der Waals surface area contributed by atoms with Gasteiger partial charge in [-0.1, -0.05) is 32.3 Å². The summed E-state index contributed by atoms with van der Waals surface area (Å²) in [6, 6.07) is 0. The molecular weight excluding hydrogens is 255 g/mol. The molecule has 4 atom stereocenters. The molecule has 0 aromatic heterocycles. The molecule has 1 nitrogen and oxygen atoms in total. The summed E-state index contributed by atoms with van der Waals surface area (Å²) in [7, 11) is 5.88. The van der Waals surface area contributed by atoms with Crippen molar-refractivity contribution in [3.05, 3.63) is 11.5 Å². The average molecular weight is 288 g/mol. The second kappa shape index (κ2) is 6.48. The van der Waals surface area contributed by atoms with E-state index in [0.29, 0.717) is 5.41 Å². The smallest absolute Gasteiger partial charge is 0.102 e. The highest BCUT2D eigenvalue weighted by Gasteiger charge is 2.50. The van der Waals surface area contributed by atoms with Crippen LogP contribution in [0.25, 0.3) is 0 Å². The van der Waals surface area contributed by atoms with E-state index in [2.05, 4.69) is 13.8 Å². The Morgan fingerprint density at radius 2 is 2.14 bits per heavy atom. The maximum absolute atomic E-state index is 9.88. The quantitative estimate of drug-likeness (QED) is 0.718. The van der Waals surface area contributed by atoms with Gasteiger partial charge in [-0.3, -0.25) is 0 Å². The van der Waals surface area contributed by atoms with Gasteiger partial charge in [0.15, 0.2) is 0 Å². The lowest BCUT2D eigenvalue weighted by molar-refractivity contribution is 0.0597. The van der Waals surface area contributed by atoms with E-state index in [1.54, 1.807) is 0 Å². The van der Waals surface area contributed by atoms with Crippen molar-refractivity contribution in [2.45, 2.75) is 84.7 Å². The van der Waals surface area contributed by atoms with E-state index in [4.69, 9.17) is 7.85 Å². The van der Waals surface area contributed by atoms with E-state index in [-0.39, 0.29) is 0 Å². The van der Waals surface area contributed by atoms with Crippen molar-refractivity contribution in [2.75, 3.05) is 0 Å². The Hall–Kier alpha value is -0.235. The second-order valence-electron chi connectivity index (χ2n) is 8.52. The zero-order valence-corrected chi connectivity index (χ0v) is 14.5. The largest absolute Gasteiger partial charge is 0.390 e. The van der Waals surface area contributed by atoms with Gasteiger partial charge in [0.2, 0.25) is 0 Å². The van der Waals surface area contributed by atoms with Crippen molar-refractivity contribution in [3.63, 3.8) is 0 Å². The Labute approximate surface area is 133 Å². The van der Waals surface area contributed by atoms with E-state index < -0.39 is 5.60 Å². The number of aliphatic hydroxyl groups is 1. The fourth-order valence-electron chi connectivity index (χ4n) is 5.27. The molecule has 2 radical (unpaired) electrons. The van der Waals surface area contributed by atoms with E-state index in [9.17, 15) is 5.11 Å². The minimum Gasteiger partial charge on any atom is -0.390 e. The molecule has 118 valence electrons. The van der Waals surface area contributed by atoms with Crippen LogP contribution >= 0.6 is 0 Å². The third-order valence-electron chi connectivity index (χ3n) is 6.39. The van der Waals surface area contributed by atoms with Gasteiger partial charge in [-0.15, -0.1) is 5.98 Å². The van der Waals surface area contributed by atoms with Crippen LogP contribution in [0.2, 0.25) is 0 Å². The maximum atomic E-state index is 9.88. The fourth-order valence-corrected chi connectivity index (χ4v) is 5.27. The molecule has 0 spiro atoms. The van der Waals surface area contributed by atoms with Gasteiger partial charge in [0.25, 0.3) is 0 Å². The lowest BCUT2D eigenvalue weighted by atomic mass is 9.60. The standard InChI is InChI=1S/C19H33BO/c1-14(7-5-11-18(2,3)21)16-9-10-17-15(13-20)8-6-12-19(16,17)4/h13-14,16-17,21H,5-12H2,1-4H3/b15-13+/t14-,16?,17?,19-/m1/s1. The van der Waals surface area contributed by atoms with Crippen LogP contribution in [0.4, 0.5) is 0 Å². The van der Waals surface area contributed by atoms with Crippen LogP contribution in [-0.4, -0.2) is 18.6 Å². The van der Waals surface area contributed by atoms with Gasteiger partial charge < -0.3 is 5.11 Å². The number of fused-ring (bicyclic) bond motifs is 1. The topological polar surface area (TPSA) is 20.2 Å². The number of rotatable bonds is 5. The summed E-state index contributed by atoms with van der Waals surface area (Å²) in [6.07, 6.45) is 9.90. The lowest BCUT2D eigenvalue weighted by Gasteiger charge is -2.44. The Balaban J connectivity index is 1.97. The van der Waals surface area contributed by atoms with E-state index >= 15 is 0 Å². The molecule has 21 heavy (non-hydrogen) atoms. The first kappa shape index (κ1) is 17.1. The molecule has 2 heteroatoms. The SMILES string of the molecule is [B]/C=C1\CCC[C@@]2(C)C1CCC2[C@H](C)CCCC(C)(C)O. The monoisotopic (exact) mass is 288 g/mol. The van der Waals surface area contributed by atoms with Crippen LogP contribution < -0.4 is 0 Å². The highest BCUT2D eigenvalue weighted by atomic mass is 16.3. The van der Waals surface area contributed by atoms with E-state index in [1.165, 1.54) is 44.1 Å². The fraction of sp³-hybridized carbons (Fsp3) is 0.895. The van der Waals surface area contributed by atoms with Crippen LogP contribution in [0.1, 0.15) is 79.1 Å². The Morgan fingerprint density at radius 1 is 1.43 bits per heavy atom. The first-order chi connectivity index (χ1) is 9.78. The van der Waals surface area contributed by atoms with Crippen LogP contribution in [0.15, 0.2) is 11.5 Å². The van der Waals surface area contributed by atoms with Crippen LogP contribution in [0.5, 0.6) is 0 Å². The Morgan fingerprint density at radius 3 is 2.76 bits per heavy atom. The van der Waals surface area contributed by atoms with E-state index in [1.807, 2.05) is 19.8 Å². The normalized spacial score (nSPS) is 36.7. The molecular formula is C19H33BO. The summed E-state index contributed by atoms with van der Waals surface area (Å²) in [6.45, 7) is 8.79. The number of allylic oxidation sites excluding steroid dienone is 1. The van der Waals surface area contributed by atoms with Crippen molar-refractivity contribution < 1.29 is 5.11 Å². The summed E-state index contributed by atoms with van der Waals surface area (Å²) in [4.78, 5) is 0. The van der Waals surface area contributed by atoms with E-state index in [0.717, 1.165) is 30.6 Å². The highest BCUT2D eigenvalue weighted by Crippen LogP contribution is 2.59. The van der Waals surface area contributed by atoms with Gasteiger partial charge in [0, 0.05) is 0 Å². The Bertz CT molecular complexity index is 382. The average Bonchev–Trinajstić information content (AvgIpc) is 2.73. The maximum Gasteiger partial charge on any atom is 0.102 e. The van der Waals surface area contributed by atoms with Crippen molar-refractivity contribution in [2.24, 2.45) is 23.2 Å². The summed E-state index contributed by atoms with van der Waals surface area (Å²) < 4.78 is 0. The molecule has 0 heterocycles. The molecule has 1 N–H and O–H groups in total. The molecule has 2 rings (SSSR count). The Kier molecular flexibility index (Phi) is 5.29. The highest BCUT2D eigenvalue weighted by molar-refractivity contribution is 6.17. The first-order valence-corrected chi connectivity index (χ1v) is 8.91.